The molecule has 1 aliphatic rings. The predicted octanol–water partition coefficient (Wildman–Crippen LogP) is 4.73. The quantitative estimate of drug-likeness (QED) is 0.343. The van der Waals surface area contributed by atoms with E-state index in [9.17, 15) is 0 Å². The summed E-state index contributed by atoms with van der Waals surface area (Å²) in [5.74, 6) is 0. The average Bonchev–Trinajstić information content (AvgIpc) is 2.62. The molecule has 0 amide bonds. The van der Waals surface area contributed by atoms with E-state index in [-0.39, 0.29) is 273 Å². The van der Waals surface area contributed by atoms with Crippen molar-refractivity contribution in [3.63, 3.8) is 0 Å². The van der Waals surface area contributed by atoms with Gasteiger partial charge in [-0.1, -0.05) is 19.0 Å². The van der Waals surface area contributed by atoms with Crippen LogP contribution in [-0.2, 0) is 243 Å². The smallest absolute Gasteiger partial charge is 0 e. The van der Waals surface area contributed by atoms with E-state index in [0.717, 1.165) is 5.69 Å². The molecule has 0 aliphatic heterocycles. The first-order chi connectivity index (χ1) is 5.89. The molecule has 1 heterocycles. The molecule has 1 saturated carbocycles. The number of aromatic nitrogens is 1. The van der Waals surface area contributed by atoms with Crippen molar-refractivity contribution in [2.45, 2.75) is 32.6 Å². The zero-order valence-electron chi connectivity index (χ0n) is 16.2. The molecule has 1 aromatic rings. The van der Waals surface area contributed by atoms with Gasteiger partial charge in [-0.2, -0.15) is 18.9 Å². The van der Waals surface area contributed by atoms with Crippen LogP contribution in [0.25, 0.3) is 0 Å². The van der Waals surface area contributed by atoms with E-state index in [1.165, 1.54) is 25.7 Å². The Morgan fingerprint density at radius 1 is 0.741 bits per heavy atom. The summed E-state index contributed by atoms with van der Waals surface area (Å²) in [5.41, 5.74) is 1.04. The molecular formula is C15H27NW10Y-6. The Kier molecular flexibility index (Phi) is 320. The Hall–Kier alpha value is 7.14. The minimum Gasteiger partial charge on any atom is -0.358 e. The molecule has 1 aliphatic carbocycles. The fourth-order valence-electron chi connectivity index (χ4n) is 1.12. The van der Waals surface area contributed by atoms with Gasteiger partial charge in [0, 0.05) is 243 Å². The van der Waals surface area contributed by atoms with Crippen LogP contribution >= 0.6 is 0 Å². The van der Waals surface area contributed by atoms with Crippen LogP contribution in [0.15, 0.2) is 18.3 Å². The van der Waals surface area contributed by atoms with Gasteiger partial charge in [0.2, 0.25) is 0 Å². The second kappa shape index (κ2) is 84.4. The van der Waals surface area contributed by atoms with Crippen molar-refractivity contribution >= 4 is 0 Å². The van der Waals surface area contributed by atoms with Gasteiger partial charge in [-0.05, 0) is 12.6 Å². The molecular weight excluding hydrogens is 2120 g/mol. The van der Waals surface area contributed by atoms with Gasteiger partial charge in [0.25, 0.3) is 0 Å². The maximum absolute atomic E-state index is 3.92. The summed E-state index contributed by atoms with van der Waals surface area (Å²) >= 11 is 0. The number of aryl methyl sites for hydroxylation is 1. The van der Waals surface area contributed by atoms with Crippen molar-refractivity contribution in [1.82, 2.24) is 4.98 Å². The topological polar surface area (TPSA) is 12.9 Å². The van der Waals surface area contributed by atoms with Gasteiger partial charge in [-0.3, -0.25) is 0 Å². The van der Waals surface area contributed by atoms with E-state index in [4.69, 9.17) is 0 Å². The van der Waals surface area contributed by atoms with E-state index in [1.54, 1.807) is 6.20 Å². The number of nitrogens with zero attached hydrogens (tertiary/aromatic N) is 1. The summed E-state index contributed by atoms with van der Waals surface area (Å²) < 4.78 is 0. The summed E-state index contributed by atoms with van der Waals surface area (Å²) in [4.78, 5) is 3.92. The van der Waals surface area contributed by atoms with Gasteiger partial charge in [0.05, 0.1) is 0 Å². The summed E-state index contributed by atoms with van der Waals surface area (Å²) in [6.45, 7) is 1.95. The molecule has 0 aromatic carbocycles. The Morgan fingerprint density at radius 2 is 1.07 bits per heavy atom. The molecule has 2 rings (SSSR count). The van der Waals surface area contributed by atoms with Crippen LogP contribution < -0.4 is 0 Å². The van der Waals surface area contributed by atoms with Gasteiger partial charge in [-0.15, -0.1) is 0 Å². The van der Waals surface area contributed by atoms with Crippen molar-refractivity contribution < 1.29 is 243 Å². The average molecular weight is 2150 g/mol. The Balaban J connectivity index is -0.00000000533. The van der Waals surface area contributed by atoms with Crippen LogP contribution in [0.4, 0.5) is 0 Å². The maximum atomic E-state index is 3.92. The van der Waals surface area contributed by atoms with Gasteiger partial charge < -0.3 is 41.1 Å². The number of rotatable bonds is 0. The van der Waals surface area contributed by atoms with Crippen LogP contribution in [0, 0.1) is 49.1 Å². The molecule has 12 heteroatoms. The van der Waals surface area contributed by atoms with Gasteiger partial charge in [0.15, 0.2) is 0 Å². The maximum Gasteiger partial charge on any atom is 0 e. The SMILES string of the molecule is Cc1cc[c-]cn1.[CH-]1CCCC1.[CH3-].[CH3-].[CH3-].[CH3-].[W].[W].[W].[W].[W].[W].[W].[W].[W].[W].[Y]. The third-order valence-corrected chi connectivity index (χ3v) is 1.83. The van der Waals surface area contributed by atoms with Crippen LogP contribution in [0.3, 0.4) is 0 Å². The molecule has 27 heavy (non-hydrogen) atoms. The standard InChI is InChI=1S/C6H6N.C5H9.4CH3.10W.Y/c1-6-4-2-3-5-7-6;1-2-4-5-3-1;;;;;;;;;;;;;;;/h2,4-5H,1H3;1H,2-5H2;4*1H3;;;;;;;;;;;/q6*-1;;;;;;;;;;;. The van der Waals surface area contributed by atoms with Crippen molar-refractivity contribution in [2.75, 3.05) is 0 Å². The molecule has 0 unspecified atom stereocenters. The molecule has 0 bridgehead atoms. The van der Waals surface area contributed by atoms with Crippen LogP contribution in [0.1, 0.15) is 31.4 Å². The van der Waals surface area contributed by atoms with Crippen LogP contribution in [0.2, 0.25) is 0 Å². The molecule has 1 nitrogen and oxygen atoms in total. The second-order valence-electron chi connectivity index (χ2n) is 2.97. The zero-order valence-corrected chi connectivity index (χ0v) is 48.4. The summed E-state index contributed by atoms with van der Waals surface area (Å²) in [7, 11) is 0. The van der Waals surface area contributed by atoms with E-state index < -0.39 is 0 Å². The fraction of sp³-hybridized carbons (Fsp3) is 0.333. The molecule has 1 fully saturated rings. The van der Waals surface area contributed by atoms with Crippen molar-refractivity contribution in [3.8, 4) is 0 Å². The molecule has 1 radical (unpaired) electrons. The minimum atomic E-state index is 0. The van der Waals surface area contributed by atoms with E-state index in [0.29, 0.717) is 0 Å². The van der Waals surface area contributed by atoms with Gasteiger partial charge in [-0.25, -0.2) is 12.1 Å². The van der Waals surface area contributed by atoms with Crippen molar-refractivity contribution in [3.05, 3.63) is 66.2 Å². The first-order valence-corrected chi connectivity index (χ1v) is 4.50. The van der Waals surface area contributed by atoms with Crippen LogP contribution in [0.5, 0.6) is 0 Å². The Bertz CT molecular complexity index is 213. The summed E-state index contributed by atoms with van der Waals surface area (Å²) in [6.07, 6.45) is 9.66. The zero-order chi connectivity index (χ0) is 8.65. The first-order valence-electron chi connectivity index (χ1n) is 4.50. The third kappa shape index (κ3) is 79.2. The molecule has 161 valence electrons. The van der Waals surface area contributed by atoms with Crippen LogP contribution in [-0.4, -0.2) is 4.98 Å². The van der Waals surface area contributed by atoms with Gasteiger partial charge >= 0.3 is 0 Å². The van der Waals surface area contributed by atoms with E-state index in [2.05, 4.69) is 17.5 Å². The number of hydrogen-bond acceptors (Lipinski definition) is 1. The molecule has 1 aromatic heterocycles. The first kappa shape index (κ1) is 102. The molecule has 0 atom stereocenters. The Labute approximate surface area is 340 Å². The largest absolute Gasteiger partial charge is 0.358 e. The van der Waals surface area contributed by atoms with Crippen molar-refractivity contribution in [2.24, 2.45) is 0 Å². The monoisotopic (exact) mass is 2150 g/mol. The van der Waals surface area contributed by atoms with Gasteiger partial charge in [0.1, 0.15) is 0 Å². The number of hydrogen-bond donors (Lipinski definition) is 0. The fourth-order valence-corrected chi connectivity index (χ4v) is 1.12. The molecule has 0 saturated heterocycles. The summed E-state index contributed by atoms with van der Waals surface area (Å²) in [5, 5.41) is 0. The third-order valence-electron chi connectivity index (χ3n) is 1.83. The van der Waals surface area contributed by atoms with E-state index in [1.807, 2.05) is 19.1 Å². The molecule has 0 spiro atoms. The number of pyridine rings is 1. The van der Waals surface area contributed by atoms with E-state index >= 15 is 0 Å². The molecule has 0 N–H and O–H groups in total. The van der Waals surface area contributed by atoms with Crippen molar-refractivity contribution in [1.29, 1.82) is 0 Å². The Morgan fingerprint density at radius 3 is 1.19 bits per heavy atom. The minimum absolute atomic E-state index is 0. The second-order valence-corrected chi connectivity index (χ2v) is 2.97. The summed E-state index contributed by atoms with van der Waals surface area (Å²) in [6, 6.07) is 6.59. The normalized spacial score (nSPS) is 6.70. The predicted molar refractivity (Wildman–Crippen MR) is 76.2 cm³/mol.